The van der Waals surface area contributed by atoms with E-state index in [1.165, 1.54) is 9.35 Å². The van der Waals surface area contributed by atoms with Crippen molar-refractivity contribution in [3.63, 3.8) is 0 Å². The fraction of sp³-hybridized carbons (Fsp3) is 0.692. The lowest BCUT2D eigenvalue weighted by atomic mass is 9.75. The smallest absolute Gasteiger partial charge is 0.0701 e. The van der Waals surface area contributed by atoms with Crippen molar-refractivity contribution in [3.05, 3.63) is 20.8 Å². The first-order valence-electron chi connectivity index (χ1n) is 5.82. The van der Waals surface area contributed by atoms with Crippen LogP contribution in [0.3, 0.4) is 0 Å². The molecule has 1 aromatic heterocycles. The molecule has 0 saturated heterocycles. The highest BCUT2D eigenvalue weighted by atomic mass is 79.9. The van der Waals surface area contributed by atoms with Gasteiger partial charge in [0.25, 0.3) is 0 Å². The van der Waals surface area contributed by atoms with Gasteiger partial charge in [0.05, 0.1) is 3.79 Å². The van der Waals surface area contributed by atoms with E-state index in [4.69, 9.17) is 5.73 Å². The number of thiophene rings is 1. The fourth-order valence-corrected chi connectivity index (χ4v) is 2.88. The lowest BCUT2D eigenvalue weighted by molar-refractivity contribution is 0.126. The van der Waals surface area contributed by atoms with Crippen molar-refractivity contribution in [2.75, 3.05) is 13.6 Å². The van der Waals surface area contributed by atoms with Gasteiger partial charge in [-0.3, -0.25) is 0 Å². The maximum atomic E-state index is 6.23. The summed E-state index contributed by atoms with van der Waals surface area (Å²) >= 11 is 5.23. The van der Waals surface area contributed by atoms with E-state index in [9.17, 15) is 0 Å². The Morgan fingerprint density at radius 1 is 1.35 bits per heavy atom. The van der Waals surface area contributed by atoms with Crippen LogP contribution in [0.5, 0.6) is 0 Å². The molecule has 0 spiro atoms. The third-order valence-corrected chi connectivity index (χ3v) is 5.04. The molecule has 0 amide bonds. The number of nitrogens with zero attached hydrogens (tertiary/aromatic N) is 1. The summed E-state index contributed by atoms with van der Waals surface area (Å²) in [6.45, 7) is 10.6. The number of hydrogen-bond acceptors (Lipinski definition) is 3. The van der Waals surface area contributed by atoms with Gasteiger partial charge < -0.3 is 10.6 Å². The molecule has 0 fully saturated rings. The van der Waals surface area contributed by atoms with Crippen molar-refractivity contribution in [2.45, 2.75) is 39.8 Å². The van der Waals surface area contributed by atoms with E-state index < -0.39 is 0 Å². The van der Waals surface area contributed by atoms with Crippen LogP contribution in [0.4, 0.5) is 0 Å². The van der Waals surface area contributed by atoms with E-state index in [0.717, 1.165) is 13.1 Å². The SMILES string of the molecule is CN(Cc1csc(Br)c1)CC(C)(C)C(C)(C)N. The third kappa shape index (κ3) is 4.36. The summed E-state index contributed by atoms with van der Waals surface area (Å²) in [6.07, 6.45) is 0. The Hall–Kier alpha value is 0.1000. The van der Waals surface area contributed by atoms with Crippen molar-refractivity contribution in [2.24, 2.45) is 11.1 Å². The van der Waals surface area contributed by atoms with Crippen molar-refractivity contribution < 1.29 is 0 Å². The molecule has 17 heavy (non-hydrogen) atoms. The highest BCUT2D eigenvalue weighted by molar-refractivity contribution is 9.11. The molecule has 1 rings (SSSR count). The number of nitrogens with two attached hydrogens (primary N) is 1. The van der Waals surface area contributed by atoms with Gasteiger partial charge in [-0.25, -0.2) is 0 Å². The maximum absolute atomic E-state index is 6.23. The summed E-state index contributed by atoms with van der Waals surface area (Å²) in [5.41, 5.74) is 7.51. The molecular weight excluding hydrogens is 296 g/mol. The van der Waals surface area contributed by atoms with Crippen molar-refractivity contribution >= 4 is 27.3 Å². The van der Waals surface area contributed by atoms with Gasteiger partial charge in [-0.15, -0.1) is 11.3 Å². The van der Waals surface area contributed by atoms with E-state index in [1.807, 2.05) is 0 Å². The third-order valence-electron chi connectivity index (χ3n) is 3.48. The van der Waals surface area contributed by atoms with E-state index >= 15 is 0 Å². The van der Waals surface area contributed by atoms with Crippen LogP contribution in [0.25, 0.3) is 0 Å². The summed E-state index contributed by atoms with van der Waals surface area (Å²) in [4.78, 5) is 2.34. The topological polar surface area (TPSA) is 29.3 Å². The molecular formula is C13H23BrN2S. The Balaban J connectivity index is 2.58. The highest BCUT2D eigenvalue weighted by Crippen LogP contribution is 2.29. The Morgan fingerprint density at radius 3 is 2.35 bits per heavy atom. The minimum atomic E-state index is -0.170. The van der Waals surface area contributed by atoms with Crippen LogP contribution in [-0.2, 0) is 6.54 Å². The molecule has 4 heteroatoms. The number of hydrogen-bond donors (Lipinski definition) is 1. The van der Waals surface area contributed by atoms with Crippen molar-refractivity contribution in [3.8, 4) is 0 Å². The molecule has 0 aliphatic carbocycles. The average Bonchev–Trinajstić information content (AvgIpc) is 2.47. The summed E-state index contributed by atoms with van der Waals surface area (Å²) in [6, 6.07) is 2.18. The van der Waals surface area contributed by atoms with Crippen LogP contribution >= 0.6 is 27.3 Å². The first-order chi connectivity index (χ1) is 7.62. The predicted octanol–water partition coefficient (Wildman–Crippen LogP) is 3.71. The zero-order valence-corrected chi connectivity index (χ0v) is 13.8. The quantitative estimate of drug-likeness (QED) is 0.896. The van der Waals surface area contributed by atoms with Crippen LogP contribution in [0.1, 0.15) is 33.3 Å². The Morgan fingerprint density at radius 2 is 1.94 bits per heavy atom. The maximum Gasteiger partial charge on any atom is 0.0701 e. The van der Waals surface area contributed by atoms with Gasteiger partial charge in [0.1, 0.15) is 0 Å². The van der Waals surface area contributed by atoms with E-state index in [0.29, 0.717) is 0 Å². The molecule has 98 valence electrons. The Labute approximate surface area is 117 Å². The summed E-state index contributed by atoms with van der Waals surface area (Å²) < 4.78 is 1.19. The van der Waals surface area contributed by atoms with E-state index in [1.54, 1.807) is 11.3 Å². The van der Waals surface area contributed by atoms with E-state index in [-0.39, 0.29) is 11.0 Å². The van der Waals surface area contributed by atoms with Gasteiger partial charge in [-0.05, 0) is 59.2 Å². The first-order valence-corrected chi connectivity index (χ1v) is 7.49. The monoisotopic (exact) mass is 318 g/mol. The molecule has 0 aliphatic rings. The molecule has 1 heterocycles. The number of halogens is 1. The van der Waals surface area contributed by atoms with Crippen molar-refractivity contribution in [1.82, 2.24) is 4.90 Å². The first kappa shape index (κ1) is 15.2. The zero-order chi connectivity index (χ0) is 13.3. The summed E-state index contributed by atoms with van der Waals surface area (Å²) in [5.74, 6) is 0. The van der Waals surface area contributed by atoms with Crippen LogP contribution in [0.15, 0.2) is 15.2 Å². The van der Waals surface area contributed by atoms with Gasteiger partial charge >= 0.3 is 0 Å². The second-order valence-electron chi connectivity index (χ2n) is 6.04. The molecule has 0 unspecified atom stereocenters. The van der Waals surface area contributed by atoms with Gasteiger partial charge in [0.2, 0.25) is 0 Å². The van der Waals surface area contributed by atoms with Gasteiger partial charge in [0.15, 0.2) is 0 Å². The lowest BCUT2D eigenvalue weighted by Crippen LogP contribution is -2.52. The van der Waals surface area contributed by atoms with Crippen LogP contribution < -0.4 is 5.73 Å². The van der Waals surface area contributed by atoms with Crippen LogP contribution in [-0.4, -0.2) is 24.0 Å². The van der Waals surface area contributed by atoms with Gasteiger partial charge in [-0.1, -0.05) is 13.8 Å². The van der Waals surface area contributed by atoms with E-state index in [2.05, 4.69) is 67.0 Å². The highest BCUT2D eigenvalue weighted by Gasteiger charge is 2.34. The van der Waals surface area contributed by atoms with Gasteiger partial charge in [0, 0.05) is 18.6 Å². The molecule has 0 saturated carbocycles. The minimum Gasteiger partial charge on any atom is -0.325 e. The Bertz CT molecular complexity index is 366. The molecule has 2 nitrogen and oxygen atoms in total. The predicted molar refractivity (Wildman–Crippen MR) is 80.4 cm³/mol. The zero-order valence-electron chi connectivity index (χ0n) is 11.4. The average molecular weight is 319 g/mol. The van der Waals surface area contributed by atoms with Crippen LogP contribution in [0, 0.1) is 5.41 Å². The molecule has 1 aromatic rings. The summed E-state index contributed by atoms with van der Waals surface area (Å²) in [7, 11) is 2.15. The molecule has 0 radical (unpaired) electrons. The van der Waals surface area contributed by atoms with Gasteiger partial charge in [-0.2, -0.15) is 0 Å². The minimum absolute atomic E-state index is 0.0923. The number of rotatable bonds is 5. The second kappa shape index (κ2) is 5.39. The normalized spacial score (nSPS) is 13.4. The molecule has 0 bridgehead atoms. The Kier molecular flexibility index (Phi) is 4.81. The largest absolute Gasteiger partial charge is 0.325 e. The van der Waals surface area contributed by atoms with Crippen LogP contribution in [0.2, 0.25) is 0 Å². The molecule has 0 aliphatic heterocycles. The lowest BCUT2D eigenvalue weighted by Gasteiger charge is -2.41. The second-order valence-corrected chi connectivity index (χ2v) is 8.33. The standard InChI is InChI=1S/C13H23BrN2S/c1-12(2,13(3,4)15)9-16(5)7-10-6-11(14)17-8-10/h6,8H,7,9,15H2,1-5H3. The summed E-state index contributed by atoms with van der Waals surface area (Å²) in [5, 5.41) is 2.20. The molecule has 0 atom stereocenters. The molecule has 0 aromatic carbocycles. The van der Waals surface area contributed by atoms with Crippen molar-refractivity contribution in [1.29, 1.82) is 0 Å². The fourth-order valence-electron chi connectivity index (χ4n) is 1.67. The molecule has 2 N–H and O–H groups in total.